The Labute approximate surface area is 147 Å². The molecule has 5 nitrogen and oxygen atoms in total. The van der Waals surface area contributed by atoms with Gasteiger partial charge in [0.2, 0.25) is 5.91 Å². The van der Waals surface area contributed by atoms with Crippen molar-refractivity contribution in [3.63, 3.8) is 0 Å². The van der Waals surface area contributed by atoms with Crippen molar-refractivity contribution in [2.45, 2.75) is 63.6 Å². The fraction of sp³-hybridized carbons (Fsp3) is 0.778. The van der Waals surface area contributed by atoms with Crippen LogP contribution in [0.4, 0.5) is 5.13 Å². The van der Waals surface area contributed by atoms with Crippen LogP contribution in [0.25, 0.3) is 0 Å². The number of nitrogens with one attached hydrogen (secondary N) is 1. The number of hydrogen-bond donors (Lipinski definition) is 1. The number of fused-ring (bicyclic) bond motifs is 3. The van der Waals surface area contributed by atoms with Gasteiger partial charge < -0.3 is 15.1 Å². The molecule has 1 aromatic rings. The summed E-state index contributed by atoms with van der Waals surface area (Å²) in [6, 6.07) is 1.24. The van der Waals surface area contributed by atoms with Crippen LogP contribution in [-0.4, -0.2) is 47.5 Å². The average Bonchev–Trinajstić information content (AvgIpc) is 3.31. The third-order valence-electron chi connectivity index (χ3n) is 6.34. The van der Waals surface area contributed by atoms with Gasteiger partial charge in [0, 0.05) is 48.9 Å². The second-order valence-corrected chi connectivity index (χ2v) is 8.87. The van der Waals surface area contributed by atoms with E-state index < -0.39 is 0 Å². The number of aromatic nitrogens is 1. The third-order valence-corrected chi connectivity index (χ3v) is 7.43. The molecule has 1 saturated carbocycles. The lowest BCUT2D eigenvalue weighted by atomic mass is 10.0. The second-order valence-electron chi connectivity index (χ2n) is 7.81. The first-order valence-electron chi connectivity index (χ1n) is 9.56. The highest BCUT2D eigenvalue weighted by Crippen LogP contribution is 2.38. The lowest BCUT2D eigenvalue weighted by Gasteiger charge is -2.35. The van der Waals surface area contributed by atoms with Crippen molar-refractivity contribution in [3.05, 3.63) is 10.6 Å². The molecule has 0 radical (unpaired) electrons. The van der Waals surface area contributed by atoms with E-state index in [4.69, 9.17) is 4.98 Å². The van der Waals surface area contributed by atoms with E-state index in [2.05, 4.69) is 15.1 Å². The van der Waals surface area contributed by atoms with Gasteiger partial charge in [-0.3, -0.25) is 4.79 Å². The molecule has 0 aromatic carbocycles. The highest BCUT2D eigenvalue weighted by Gasteiger charge is 2.39. The maximum atomic E-state index is 12.7. The summed E-state index contributed by atoms with van der Waals surface area (Å²) in [6.07, 6.45) is 8.16. The average molecular weight is 347 g/mol. The van der Waals surface area contributed by atoms with Crippen LogP contribution in [-0.2, 0) is 17.8 Å². The summed E-state index contributed by atoms with van der Waals surface area (Å²) in [6.45, 7) is 3.84. The molecular weight excluding hydrogens is 320 g/mol. The minimum absolute atomic E-state index is 0.294. The van der Waals surface area contributed by atoms with Gasteiger partial charge in [-0.15, -0.1) is 0 Å². The number of amides is 1. The van der Waals surface area contributed by atoms with Crippen molar-refractivity contribution in [1.82, 2.24) is 15.2 Å². The van der Waals surface area contributed by atoms with Crippen LogP contribution in [0.5, 0.6) is 0 Å². The maximum absolute atomic E-state index is 12.7. The van der Waals surface area contributed by atoms with Crippen LogP contribution in [0.2, 0.25) is 0 Å². The van der Waals surface area contributed by atoms with E-state index in [0.29, 0.717) is 23.9 Å². The predicted octanol–water partition coefficient (Wildman–Crippen LogP) is 2.16. The Morgan fingerprint density at radius 2 is 1.88 bits per heavy atom. The first kappa shape index (κ1) is 15.1. The zero-order valence-corrected chi connectivity index (χ0v) is 15.0. The van der Waals surface area contributed by atoms with Gasteiger partial charge in [-0.2, -0.15) is 0 Å². The predicted molar refractivity (Wildman–Crippen MR) is 95.4 cm³/mol. The standard InChI is InChI=1S/C18H26N4OS/c23-17(12-3-1-2-4-12)21-8-7-15-16(11-21)24-18(20-15)22-13-5-6-14(22)10-19-9-13/h12-14,19H,1-11H2. The van der Waals surface area contributed by atoms with E-state index in [0.717, 1.165) is 45.4 Å². The third kappa shape index (κ3) is 2.46. The zero-order chi connectivity index (χ0) is 16.1. The summed E-state index contributed by atoms with van der Waals surface area (Å²) >= 11 is 1.85. The summed E-state index contributed by atoms with van der Waals surface area (Å²) in [5.41, 5.74) is 1.25. The highest BCUT2D eigenvalue weighted by atomic mass is 32.1. The van der Waals surface area contributed by atoms with Crippen molar-refractivity contribution in [2.75, 3.05) is 24.5 Å². The SMILES string of the molecule is O=C(C1CCCC1)N1CCc2nc(N3C4CCC3CNC4)sc2C1. The lowest BCUT2D eigenvalue weighted by molar-refractivity contribution is -0.136. The Balaban J connectivity index is 1.34. The Bertz CT molecular complexity index is 623. The molecule has 130 valence electrons. The van der Waals surface area contributed by atoms with Gasteiger partial charge in [-0.25, -0.2) is 4.98 Å². The van der Waals surface area contributed by atoms with E-state index in [-0.39, 0.29) is 0 Å². The number of piperazine rings is 1. The Kier molecular flexibility index (Phi) is 3.78. The molecule has 3 fully saturated rings. The summed E-state index contributed by atoms with van der Waals surface area (Å²) in [5, 5.41) is 4.76. The first-order valence-corrected chi connectivity index (χ1v) is 10.4. The molecule has 3 aliphatic heterocycles. The number of rotatable bonds is 2. The molecule has 4 aliphatic rings. The summed E-state index contributed by atoms with van der Waals surface area (Å²) in [5.74, 6) is 0.693. The van der Waals surface area contributed by atoms with E-state index in [1.165, 1.54) is 41.4 Å². The molecule has 24 heavy (non-hydrogen) atoms. The monoisotopic (exact) mass is 346 g/mol. The smallest absolute Gasteiger partial charge is 0.226 e. The Morgan fingerprint density at radius 1 is 1.12 bits per heavy atom. The number of nitrogens with zero attached hydrogens (tertiary/aromatic N) is 3. The van der Waals surface area contributed by atoms with Crippen molar-refractivity contribution in [2.24, 2.45) is 5.92 Å². The van der Waals surface area contributed by atoms with E-state index in [1.54, 1.807) is 0 Å². The molecule has 2 saturated heterocycles. The molecule has 1 aromatic heterocycles. The maximum Gasteiger partial charge on any atom is 0.226 e. The van der Waals surface area contributed by atoms with Crippen LogP contribution < -0.4 is 10.2 Å². The van der Waals surface area contributed by atoms with Gasteiger partial charge in [0.1, 0.15) is 0 Å². The normalized spacial score (nSPS) is 30.0. The van der Waals surface area contributed by atoms with Crippen LogP contribution >= 0.6 is 11.3 Å². The van der Waals surface area contributed by atoms with E-state index in [9.17, 15) is 4.79 Å². The zero-order valence-electron chi connectivity index (χ0n) is 14.2. The number of anilines is 1. The lowest BCUT2D eigenvalue weighted by Crippen LogP contribution is -2.51. The van der Waals surface area contributed by atoms with E-state index >= 15 is 0 Å². The van der Waals surface area contributed by atoms with E-state index in [1.807, 2.05) is 11.3 Å². The van der Waals surface area contributed by atoms with Gasteiger partial charge >= 0.3 is 0 Å². The summed E-state index contributed by atoms with van der Waals surface area (Å²) < 4.78 is 0. The fourth-order valence-electron chi connectivity index (χ4n) is 5.00. The molecule has 1 N–H and O–H groups in total. The van der Waals surface area contributed by atoms with Gasteiger partial charge in [0.05, 0.1) is 12.2 Å². The van der Waals surface area contributed by atoms with Gasteiger partial charge in [0.25, 0.3) is 0 Å². The van der Waals surface area contributed by atoms with Crippen LogP contribution in [0.3, 0.4) is 0 Å². The number of carbonyl (C=O) groups is 1. The fourth-order valence-corrected chi connectivity index (χ4v) is 6.27. The highest BCUT2D eigenvalue weighted by molar-refractivity contribution is 7.15. The Hall–Kier alpha value is -1.14. The minimum Gasteiger partial charge on any atom is -0.340 e. The Morgan fingerprint density at radius 3 is 2.62 bits per heavy atom. The molecule has 5 rings (SSSR count). The molecule has 2 bridgehead atoms. The van der Waals surface area contributed by atoms with Gasteiger partial charge in [-0.1, -0.05) is 24.2 Å². The van der Waals surface area contributed by atoms with Gasteiger partial charge in [0.15, 0.2) is 5.13 Å². The van der Waals surface area contributed by atoms with Crippen molar-refractivity contribution >= 4 is 22.4 Å². The number of hydrogen-bond acceptors (Lipinski definition) is 5. The molecule has 2 unspecified atom stereocenters. The molecule has 1 aliphatic carbocycles. The topological polar surface area (TPSA) is 48.5 Å². The van der Waals surface area contributed by atoms with Crippen LogP contribution in [0, 0.1) is 5.92 Å². The molecular formula is C18H26N4OS. The summed E-state index contributed by atoms with van der Waals surface area (Å²) in [4.78, 5) is 23.7. The van der Waals surface area contributed by atoms with Crippen molar-refractivity contribution < 1.29 is 4.79 Å². The largest absolute Gasteiger partial charge is 0.340 e. The summed E-state index contributed by atoms with van der Waals surface area (Å²) in [7, 11) is 0. The molecule has 1 amide bonds. The number of thiazole rings is 1. The number of carbonyl (C=O) groups excluding carboxylic acids is 1. The molecule has 0 spiro atoms. The first-order chi connectivity index (χ1) is 11.8. The van der Waals surface area contributed by atoms with Gasteiger partial charge in [-0.05, 0) is 25.7 Å². The van der Waals surface area contributed by atoms with Crippen molar-refractivity contribution in [1.29, 1.82) is 0 Å². The van der Waals surface area contributed by atoms with Crippen LogP contribution in [0.1, 0.15) is 49.1 Å². The van der Waals surface area contributed by atoms with Crippen LogP contribution in [0.15, 0.2) is 0 Å². The van der Waals surface area contributed by atoms with Crippen molar-refractivity contribution in [3.8, 4) is 0 Å². The minimum atomic E-state index is 0.294. The molecule has 6 heteroatoms. The molecule has 2 atom stereocenters. The second kappa shape index (κ2) is 5.99. The quantitative estimate of drug-likeness (QED) is 0.891. The molecule has 4 heterocycles.